The van der Waals surface area contributed by atoms with E-state index in [1.807, 2.05) is 25.1 Å². The summed E-state index contributed by atoms with van der Waals surface area (Å²) >= 11 is 0. The van der Waals surface area contributed by atoms with Crippen LogP contribution in [0.1, 0.15) is 28.8 Å². The molecule has 0 saturated carbocycles. The number of hydrogen-bond acceptors (Lipinski definition) is 3. The molecular formula is C14H18O3. The van der Waals surface area contributed by atoms with E-state index in [1.54, 1.807) is 7.11 Å². The van der Waals surface area contributed by atoms with Gasteiger partial charge in [-0.15, -0.1) is 0 Å². The van der Waals surface area contributed by atoms with Gasteiger partial charge in [0.05, 0.1) is 7.11 Å². The van der Waals surface area contributed by atoms with Crippen molar-refractivity contribution in [3.8, 4) is 5.75 Å². The first-order valence-electron chi connectivity index (χ1n) is 5.96. The van der Waals surface area contributed by atoms with E-state index in [4.69, 9.17) is 9.47 Å². The maximum absolute atomic E-state index is 12.1. The molecule has 0 bridgehead atoms. The minimum atomic E-state index is 0.209. The third kappa shape index (κ3) is 2.86. The third-order valence-corrected chi connectivity index (χ3v) is 3.23. The number of benzene rings is 1. The number of hydrogen-bond donors (Lipinski definition) is 0. The van der Waals surface area contributed by atoms with E-state index >= 15 is 0 Å². The maximum Gasteiger partial charge on any atom is 0.163 e. The van der Waals surface area contributed by atoms with Crippen molar-refractivity contribution in [1.29, 1.82) is 0 Å². The van der Waals surface area contributed by atoms with Crippen molar-refractivity contribution in [3.05, 3.63) is 29.3 Å². The lowest BCUT2D eigenvalue weighted by molar-refractivity contribution is 0.0952. The second-order valence-electron chi connectivity index (χ2n) is 4.54. The minimum Gasteiger partial charge on any atom is -0.497 e. The van der Waals surface area contributed by atoms with Gasteiger partial charge < -0.3 is 9.47 Å². The second kappa shape index (κ2) is 5.32. The lowest BCUT2D eigenvalue weighted by Crippen LogP contribution is -2.10. The normalized spacial score (nSPS) is 19.3. The molecule has 1 heterocycles. The van der Waals surface area contributed by atoms with Crippen LogP contribution >= 0.6 is 0 Å². The van der Waals surface area contributed by atoms with Crippen molar-refractivity contribution in [2.75, 3.05) is 20.3 Å². The van der Waals surface area contributed by atoms with Gasteiger partial charge >= 0.3 is 0 Å². The highest BCUT2D eigenvalue weighted by Crippen LogP contribution is 2.22. The summed E-state index contributed by atoms with van der Waals surface area (Å²) in [6.45, 7) is 3.46. The Labute approximate surface area is 102 Å². The van der Waals surface area contributed by atoms with Crippen LogP contribution in [-0.2, 0) is 4.74 Å². The van der Waals surface area contributed by atoms with E-state index in [2.05, 4.69) is 0 Å². The molecule has 1 aliphatic rings. The smallest absolute Gasteiger partial charge is 0.163 e. The van der Waals surface area contributed by atoms with Gasteiger partial charge in [0.2, 0.25) is 0 Å². The Kier molecular flexibility index (Phi) is 3.79. The highest BCUT2D eigenvalue weighted by atomic mass is 16.5. The van der Waals surface area contributed by atoms with Crippen LogP contribution in [0.25, 0.3) is 0 Å². The molecule has 0 amide bonds. The van der Waals surface area contributed by atoms with Crippen LogP contribution in [-0.4, -0.2) is 26.1 Å². The summed E-state index contributed by atoms with van der Waals surface area (Å²) < 4.78 is 10.4. The fraction of sp³-hybridized carbons (Fsp3) is 0.500. The van der Waals surface area contributed by atoms with Crippen molar-refractivity contribution in [1.82, 2.24) is 0 Å². The zero-order chi connectivity index (χ0) is 12.3. The van der Waals surface area contributed by atoms with E-state index in [1.165, 1.54) is 0 Å². The Morgan fingerprint density at radius 1 is 1.53 bits per heavy atom. The lowest BCUT2D eigenvalue weighted by Gasteiger charge is -2.09. The number of ether oxygens (including phenoxy) is 2. The van der Waals surface area contributed by atoms with Crippen molar-refractivity contribution in [3.63, 3.8) is 0 Å². The molecule has 17 heavy (non-hydrogen) atoms. The summed E-state index contributed by atoms with van der Waals surface area (Å²) in [7, 11) is 1.63. The Morgan fingerprint density at radius 3 is 2.94 bits per heavy atom. The SMILES string of the molecule is COc1ccc(C(=O)CC2CCOC2)c(C)c1. The monoisotopic (exact) mass is 234 g/mol. The molecule has 0 aromatic heterocycles. The minimum absolute atomic E-state index is 0.209. The number of methoxy groups -OCH3 is 1. The Hall–Kier alpha value is -1.35. The van der Waals surface area contributed by atoms with Crippen molar-refractivity contribution < 1.29 is 14.3 Å². The van der Waals surface area contributed by atoms with Crippen molar-refractivity contribution in [2.45, 2.75) is 19.8 Å². The van der Waals surface area contributed by atoms with E-state index in [9.17, 15) is 4.79 Å². The molecule has 1 aliphatic heterocycles. The molecule has 2 rings (SSSR count). The topological polar surface area (TPSA) is 35.5 Å². The highest BCUT2D eigenvalue weighted by Gasteiger charge is 2.20. The Balaban J connectivity index is 2.07. The van der Waals surface area contributed by atoms with Crippen molar-refractivity contribution >= 4 is 5.78 Å². The average Bonchev–Trinajstić information content (AvgIpc) is 2.81. The zero-order valence-electron chi connectivity index (χ0n) is 10.4. The molecule has 0 aliphatic carbocycles. The van der Waals surface area contributed by atoms with Crippen LogP contribution < -0.4 is 4.74 Å². The summed E-state index contributed by atoms with van der Waals surface area (Å²) in [6, 6.07) is 5.59. The number of ketones is 1. The van der Waals surface area contributed by atoms with Crippen LogP contribution in [0.5, 0.6) is 5.75 Å². The van der Waals surface area contributed by atoms with Gasteiger partial charge in [-0.05, 0) is 43.0 Å². The van der Waals surface area contributed by atoms with Gasteiger partial charge in [-0.2, -0.15) is 0 Å². The van der Waals surface area contributed by atoms with Gasteiger partial charge in [0.1, 0.15) is 5.75 Å². The summed E-state index contributed by atoms with van der Waals surface area (Å²) in [5, 5.41) is 0. The molecule has 1 unspecified atom stereocenters. The third-order valence-electron chi connectivity index (χ3n) is 3.23. The van der Waals surface area contributed by atoms with Crippen LogP contribution in [0.4, 0.5) is 0 Å². The van der Waals surface area contributed by atoms with Gasteiger partial charge in [0.15, 0.2) is 5.78 Å². The van der Waals surface area contributed by atoms with E-state index in [-0.39, 0.29) is 5.78 Å². The summed E-state index contributed by atoms with van der Waals surface area (Å²) in [5.41, 5.74) is 1.78. The van der Waals surface area contributed by atoms with Gasteiger partial charge in [0, 0.05) is 25.2 Å². The molecule has 1 aromatic rings. The van der Waals surface area contributed by atoms with Gasteiger partial charge in [-0.25, -0.2) is 0 Å². The van der Waals surface area contributed by atoms with Crippen LogP contribution in [0.15, 0.2) is 18.2 Å². The first-order chi connectivity index (χ1) is 8.20. The second-order valence-corrected chi connectivity index (χ2v) is 4.54. The summed E-state index contributed by atoms with van der Waals surface area (Å²) in [4.78, 5) is 12.1. The van der Waals surface area contributed by atoms with Gasteiger partial charge in [-0.1, -0.05) is 0 Å². The van der Waals surface area contributed by atoms with Crippen LogP contribution in [0, 0.1) is 12.8 Å². The largest absolute Gasteiger partial charge is 0.497 e. The first kappa shape index (κ1) is 12.1. The molecule has 1 atom stereocenters. The quantitative estimate of drug-likeness (QED) is 0.751. The number of Topliss-reactive ketones (excluding diaryl/α,β-unsaturated/α-hetero) is 1. The Morgan fingerprint density at radius 2 is 2.35 bits per heavy atom. The number of carbonyl (C=O) groups excluding carboxylic acids is 1. The standard InChI is InChI=1S/C14H18O3/c1-10-7-12(16-2)3-4-13(10)14(15)8-11-5-6-17-9-11/h3-4,7,11H,5-6,8-9H2,1-2H3. The van der Waals surface area contributed by atoms with E-state index < -0.39 is 0 Å². The van der Waals surface area contributed by atoms with E-state index in [0.29, 0.717) is 12.3 Å². The molecule has 1 aromatic carbocycles. The first-order valence-corrected chi connectivity index (χ1v) is 5.96. The van der Waals surface area contributed by atoms with Crippen LogP contribution in [0.2, 0.25) is 0 Å². The molecule has 0 N–H and O–H groups in total. The van der Waals surface area contributed by atoms with Gasteiger partial charge in [-0.3, -0.25) is 4.79 Å². The predicted octanol–water partition coefficient (Wildman–Crippen LogP) is 2.61. The van der Waals surface area contributed by atoms with Gasteiger partial charge in [0.25, 0.3) is 0 Å². The zero-order valence-corrected chi connectivity index (χ0v) is 10.4. The van der Waals surface area contributed by atoms with Crippen molar-refractivity contribution in [2.24, 2.45) is 5.92 Å². The van der Waals surface area contributed by atoms with Crippen LogP contribution in [0.3, 0.4) is 0 Å². The lowest BCUT2D eigenvalue weighted by atomic mass is 9.95. The molecule has 3 heteroatoms. The summed E-state index contributed by atoms with van der Waals surface area (Å²) in [6.07, 6.45) is 1.59. The molecule has 1 saturated heterocycles. The fourth-order valence-electron chi connectivity index (χ4n) is 2.19. The molecular weight excluding hydrogens is 216 g/mol. The highest BCUT2D eigenvalue weighted by molar-refractivity contribution is 5.97. The Bertz CT molecular complexity index is 406. The number of aryl methyl sites for hydroxylation is 1. The van der Waals surface area contributed by atoms with E-state index in [0.717, 1.165) is 36.5 Å². The maximum atomic E-state index is 12.1. The summed E-state index contributed by atoms with van der Waals surface area (Å²) in [5.74, 6) is 1.40. The number of carbonyl (C=O) groups is 1. The molecule has 92 valence electrons. The molecule has 1 fully saturated rings. The molecule has 0 spiro atoms. The molecule has 3 nitrogen and oxygen atoms in total. The molecule has 0 radical (unpaired) electrons. The average molecular weight is 234 g/mol. The predicted molar refractivity (Wildman–Crippen MR) is 65.6 cm³/mol. The number of rotatable bonds is 4. The fourth-order valence-corrected chi connectivity index (χ4v) is 2.19.